The molecule has 6 rings (SSSR count). The molecule has 6 nitrogen and oxygen atoms in total. The van der Waals surface area contributed by atoms with E-state index in [9.17, 15) is 4.39 Å². The van der Waals surface area contributed by atoms with Gasteiger partial charge in [-0.05, 0) is 54.6 Å². The standard InChI is InChI=1S/C25H23FN6/c1-25(27)8-10-32(14-25)23-17(15-5-6-20-16(11-15)7-9-29-20)12-28-13-18(23)24-30-21-4-2-3-19(26)22(21)31-24/h2-7,9,11-13,29H,8,10,14,27H2,1H3,(H,30,31). The third-order valence-electron chi connectivity index (χ3n) is 6.32. The van der Waals surface area contributed by atoms with Crippen LogP contribution in [0.3, 0.4) is 0 Å². The van der Waals surface area contributed by atoms with Gasteiger partial charge in [0, 0.05) is 48.3 Å². The van der Waals surface area contributed by atoms with Crippen LogP contribution in [0.4, 0.5) is 10.1 Å². The Kier molecular flexibility index (Phi) is 4.10. The first-order chi connectivity index (χ1) is 15.5. The van der Waals surface area contributed by atoms with Crippen LogP contribution in [0, 0.1) is 5.82 Å². The Bertz CT molecular complexity index is 1460. The molecule has 0 saturated carbocycles. The van der Waals surface area contributed by atoms with E-state index in [2.05, 4.69) is 56.0 Å². The van der Waals surface area contributed by atoms with Gasteiger partial charge in [0.15, 0.2) is 5.82 Å². The minimum absolute atomic E-state index is 0.275. The highest BCUT2D eigenvalue weighted by atomic mass is 19.1. The lowest BCUT2D eigenvalue weighted by Crippen LogP contribution is -2.39. The van der Waals surface area contributed by atoms with Crippen LogP contribution in [0.1, 0.15) is 13.3 Å². The smallest absolute Gasteiger partial charge is 0.151 e. The van der Waals surface area contributed by atoms with Crippen LogP contribution in [0.25, 0.3) is 44.5 Å². The molecule has 32 heavy (non-hydrogen) atoms. The van der Waals surface area contributed by atoms with Gasteiger partial charge in [-0.1, -0.05) is 12.1 Å². The van der Waals surface area contributed by atoms with Gasteiger partial charge in [0.25, 0.3) is 0 Å². The number of imidazole rings is 1. The molecule has 1 aliphatic rings. The molecule has 4 heterocycles. The monoisotopic (exact) mass is 426 g/mol. The number of benzene rings is 2. The Balaban J connectivity index is 1.58. The number of nitrogens with two attached hydrogens (primary N) is 1. The number of aromatic nitrogens is 4. The largest absolute Gasteiger partial charge is 0.368 e. The summed E-state index contributed by atoms with van der Waals surface area (Å²) in [7, 11) is 0. The van der Waals surface area contributed by atoms with E-state index in [-0.39, 0.29) is 11.4 Å². The topological polar surface area (TPSA) is 86.6 Å². The molecular formula is C25H23FN6. The highest BCUT2D eigenvalue weighted by Crippen LogP contribution is 2.41. The van der Waals surface area contributed by atoms with Crippen LogP contribution in [-0.2, 0) is 0 Å². The van der Waals surface area contributed by atoms with Crippen molar-refractivity contribution in [1.82, 2.24) is 19.9 Å². The number of para-hydroxylation sites is 1. The second kappa shape index (κ2) is 6.90. The summed E-state index contributed by atoms with van der Waals surface area (Å²) in [6.07, 6.45) is 6.52. The van der Waals surface area contributed by atoms with Gasteiger partial charge >= 0.3 is 0 Å². The number of halogens is 1. The van der Waals surface area contributed by atoms with Crippen molar-refractivity contribution in [2.45, 2.75) is 18.9 Å². The van der Waals surface area contributed by atoms with Crippen LogP contribution in [0.15, 0.2) is 61.1 Å². The van der Waals surface area contributed by atoms with E-state index in [0.717, 1.165) is 52.8 Å². The van der Waals surface area contributed by atoms with E-state index in [1.807, 2.05) is 18.5 Å². The van der Waals surface area contributed by atoms with Gasteiger partial charge in [-0.15, -0.1) is 0 Å². The van der Waals surface area contributed by atoms with Crippen LogP contribution in [-0.4, -0.2) is 38.6 Å². The van der Waals surface area contributed by atoms with E-state index in [4.69, 9.17) is 5.73 Å². The van der Waals surface area contributed by atoms with E-state index >= 15 is 0 Å². The van der Waals surface area contributed by atoms with Crippen molar-refractivity contribution in [3.05, 3.63) is 66.9 Å². The Hall–Kier alpha value is -3.71. The van der Waals surface area contributed by atoms with Crippen molar-refractivity contribution in [1.29, 1.82) is 0 Å². The fourth-order valence-electron chi connectivity index (χ4n) is 4.70. The van der Waals surface area contributed by atoms with E-state index < -0.39 is 0 Å². The van der Waals surface area contributed by atoms with Gasteiger partial charge in [0.2, 0.25) is 0 Å². The number of hydrogen-bond donors (Lipinski definition) is 3. The van der Waals surface area contributed by atoms with E-state index in [1.165, 1.54) is 6.07 Å². The zero-order valence-electron chi connectivity index (χ0n) is 17.7. The molecule has 1 saturated heterocycles. The van der Waals surface area contributed by atoms with Crippen LogP contribution >= 0.6 is 0 Å². The summed E-state index contributed by atoms with van der Waals surface area (Å²) in [4.78, 5) is 18.0. The quantitative estimate of drug-likeness (QED) is 0.385. The number of hydrogen-bond acceptors (Lipinski definition) is 4. The average Bonchev–Trinajstić information content (AvgIpc) is 3.50. The molecule has 1 unspecified atom stereocenters. The third-order valence-corrected chi connectivity index (χ3v) is 6.32. The Morgan fingerprint density at radius 1 is 1.09 bits per heavy atom. The van der Waals surface area contributed by atoms with Crippen LogP contribution < -0.4 is 10.6 Å². The summed E-state index contributed by atoms with van der Waals surface area (Å²) in [5.74, 6) is 0.257. The molecule has 1 fully saturated rings. The molecule has 1 atom stereocenters. The van der Waals surface area contributed by atoms with Crippen LogP contribution in [0.5, 0.6) is 0 Å². The lowest BCUT2D eigenvalue weighted by molar-refractivity contribution is 0.525. The number of H-pyrrole nitrogens is 2. The van der Waals surface area contributed by atoms with Gasteiger partial charge in [0.1, 0.15) is 11.3 Å². The molecule has 0 spiro atoms. The maximum atomic E-state index is 14.4. The number of aromatic amines is 2. The number of nitrogens with one attached hydrogen (secondary N) is 2. The number of anilines is 1. The Morgan fingerprint density at radius 3 is 2.78 bits per heavy atom. The lowest BCUT2D eigenvalue weighted by Gasteiger charge is -2.26. The first-order valence-electron chi connectivity index (χ1n) is 10.7. The van der Waals surface area contributed by atoms with Crippen molar-refractivity contribution in [2.24, 2.45) is 5.73 Å². The van der Waals surface area contributed by atoms with Gasteiger partial charge < -0.3 is 20.6 Å². The average molecular weight is 426 g/mol. The van der Waals surface area contributed by atoms with Crippen molar-refractivity contribution >= 4 is 27.6 Å². The predicted octanol–water partition coefficient (Wildman–Crippen LogP) is 4.84. The minimum atomic E-state index is -0.343. The molecule has 4 N–H and O–H groups in total. The molecule has 0 bridgehead atoms. The maximum absolute atomic E-state index is 14.4. The Labute approximate surface area is 184 Å². The summed E-state index contributed by atoms with van der Waals surface area (Å²) in [6.45, 7) is 3.63. The van der Waals surface area contributed by atoms with Gasteiger partial charge in [-0.25, -0.2) is 9.37 Å². The normalized spacial score (nSPS) is 18.8. The molecule has 3 aromatic heterocycles. The highest BCUT2D eigenvalue weighted by Gasteiger charge is 2.33. The summed E-state index contributed by atoms with van der Waals surface area (Å²) in [6, 6.07) is 13.3. The molecule has 0 amide bonds. The second-order valence-corrected chi connectivity index (χ2v) is 8.91. The predicted molar refractivity (Wildman–Crippen MR) is 126 cm³/mol. The van der Waals surface area contributed by atoms with Gasteiger partial charge in [0.05, 0.1) is 16.8 Å². The molecule has 160 valence electrons. The lowest BCUT2D eigenvalue weighted by atomic mass is 10.00. The van der Waals surface area contributed by atoms with Gasteiger partial charge in [-0.3, -0.25) is 4.98 Å². The SMILES string of the molecule is CC1(N)CCN(c2c(-c3ccc4[nH]ccc4c3)cncc2-c2nc3c(F)cccc3[nH]2)C1. The fourth-order valence-corrected chi connectivity index (χ4v) is 4.70. The number of rotatable bonds is 3. The van der Waals surface area contributed by atoms with Crippen molar-refractivity contribution in [2.75, 3.05) is 18.0 Å². The summed E-state index contributed by atoms with van der Waals surface area (Å²) >= 11 is 0. The summed E-state index contributed by atoms with van der Waals surface area (Å²) in [5, 5.41) is 1.13. The third kappa shape index (κ3) is 3.05. The first kappa shape index (κ1) is 19.0. The summed E-state index contributed by atoms with van der Waals surface area (Å²) < 4.78 is 14.4. The molecule has 0 aliphatic carbocycles. The minimum Gasteiger partial charge on any atom is -0.368 e. The zero-order chi connectivity index (χ0) is 21.9. The van der Waals surface area contributed by atoms with Crippen molar-refractivity contribution in [3.8, 4) is 22.5 Å². The van der Waals surface area contributed by atoms with E-state index in [1.54, 1.807) is 12.3 Å². The zero-order valence-corrected chi connectivity index (χ0v) is 17.7. The second-order valence-electron chi connectivity index (χ2n) is 8.91. The number of fused-ring (bicyclic) bond motifs is 2. The number of nitrogens with zero attached hydrogens (tertiary/aromatic N) is 3. The highest BCUT2D eigenvalue weighted by molar-refractivity contribution is 5.94. The van der Waals surface area contributed by atoms with Gasteiger partial charge in [-0.2, -0.15) is 0 Å². The van der Waals surface area contributed by atoms with Crippen molar-refractivity contribution < 1.29 is 4.39 Å². The molecule has 0 radical (unpaired) electrons. The number of pyridine rings is 1. The molecule has 7 heteroatoms. The van der Waals surface area contributed by atoms with Crippen molar-refractivity contribution in [3.63, 3.8) is 0 Å². The maximum Gasteiger partial charge on any atom is 0.151 e. The molecule has 5 aromatic rings. The van der Waals surface area contributed by atoms with E-state index in [0.29, 0.717) is 16.9 Å². The Morgan fingerprint density at radius 2 is 1.97 bits per heavy atom. The molecule has 2 aromatic carbocycles. The summed E-state index contributed by atoms with van der Waals surface area (Å²) in [5.41, 5.74) is 12.2. The first-order valence-corrected chi connectivity index (χ1v) is 10.7. The fraction of sp³-hybridized carbons (Fsp3) is 0.200. The molecular weight excluding hydrogens is 403 g/mol. The van der Waals surface area contributed by atoms with Crippen LogP contribution in [0.2, 0.25) is 0 Å². The molecule has 1 aliphatic heterocycles.